The summed E-state index contributed by atoms with van der Waals surface area (Å²) in [5.74, 6) is 0. The van der Waals surface area contributed by atoms with E-state index in [-0.39, 0.29) is 11.3 Å². The number of hydrogen-bond acceptors (Lipinski definition) is 2. The van der Waals surface area contributed by atoms with Gasteiger partial charge >= 0.3 is 0 Å². The molecule has 0 saturated heterocycles. The first kappa shape index (κ1) is 8.77. The molecule has 1 rings (SSSR count). The lowest BCUT2D eigenvalue weighted by Gasteiger charge is -2.02. The van der Waals surface area contributed by atoms with E-state index >= 15 is 0 Å². The van der Waals surface area contributed by atoms with Gasteiger partial charge in [0.2, 0.25) is 0 Å². The van der Waals surface area contributed by atoms with Crippen LogP contribution in [0, 0.1) is 6.92 Å². The van der Waals surface area contributed by atoms with Gasteiger partial charge in [-0.05, 0) is 19.1 Å². The summed E-state index contributed by atoms with van der Waals surface area (Å²) in [6.07, 6.45) is -2.30. The van der Waals surface area contributed by atoms with Gasteiger partial charge in [0.1, 0.15) is 5.69 Å². The fourth-order valence-electron chi connectivity index (χ4n) is 0.866. The van der Waals surface area contributed by atoms with Crippen LogP contribution in [0.15, 0.2) is 12.1 Å². The Morgan fingerprint density at radius 1 is 1.50 bits per heavy atom. The molecule has 1 heterocycles. The number of carbonyl (C=O) groups is 1. The Morgan fingerprint density at radius 3 is 2.67 bits per heavy atom. The fraction of sp³-hybridized carbons (Fsp3) is 0.250. The first-order valence-corrected chi connectivity index (χ1v) is 3.36. The number of aromatic nitrogens is 1. The van der Waals surface area contributed by atoms with Crippen molar-refractivity contribution in [3.05, 3.63) is 29.1 Å². The molecular formula is C8H7F2NO. The second-order valence-electron chi connectivity index (χ2n) is 2.35. The molecule has 4 heteroatoms. The molecule has 0 aliphatic heterocycles. The van der Waals surface area contributed by atoms with Crippen LogP contribution >= 0.6 is 0 Å². The summed E-state index contributed by atoms with van der Waals surface area (Å²) in [5, 5.41) is 0. The number of aldehydes is 1. The lowest BCUT2D eigenvalue weighted by molar-refractivity contribution is 0.110. The average molecular weight is 171 g/mol. The van der Waals surface area contributed by atoms with E-state index in [0.717, 1.165) is 0 Å². The molecule has 12 heavy (non-hydrogen) atoms. The topological polar surface area (TPSA) is 30.0 Å². The van der Waals surface area contributed by atoms with Crippen molar-refractivity contribution in [2.75, 3.05) is 0 Å². The van der Waals surface area contributed by atoms with Crippen molar-refractivity contribution in [3.63, 3.8) is 0 Å². The minimum Gasteiger partial charge on any atom is -0.296 e. The lowest BCUT2D eigenvalue weighted by atomic mass is 10.2. The van der Waals surface area contributed by atoms with E-state index in [0.29, 0.717) is 12.0 Å². The van der Waals surface area contributed by atoms with Gasteiger partial charge in [-0.2, -0.15) is 0 Å². The van der Waals surface area contributed by atoms with E-state index in [4.69, 9.17) is 0 Å². The summed E-state index contributed by atoms with van der Waals surface area (Å²) in [5.41, 5.74) is 0.0714. The third-order valence-corrected chi connectivity index (χ3v) is 1.44. The highest BCUT2D eigenvalue weighted by Gasteiger charge is 2.12. The number of alkyl halides is 2. The molecule has 0 saturated carbocycles. The Morgan fingerprint density at radius 2 is 2.17 bits per heavy atom. The Kier molecular flexibility index (Phi) is 2.47. The maximum Gasteiger partial charge on any atom is 0.266 e. The summed E-state index contributed by atoms with van der Waals surface area (Å²) >= 11 is 0. The maximum atomic E-state index is 12.1. The normalized spacial score (nSPS) is 10.3. The zero-order valence-electron chi connectivity index (χ0n) is 6.42. The van der Waals surface area contributed by atoms with Crippen molar-refractivity contribution < 1.29 is 13.6 Å². The first-order chi connectivity index (χ1) is 5.65. The van der Waals surface area contributed by atoms with Crippen LogP contribution in [0.3, 0.4) is 0 Å². The molecule has 0 unspecified atom stereocenters. The predicted octanol–water partition coefficient (Wildman–Crippen LogP) is 2.14. The zero-order valence-corrected chi connectivity index (χ0v) is 6.42. The number of carbonyl (C=O) groups excluding carboxylic acids is 1. The van der Waals surface area contributed by atoms with Crippen LogP contribution in [-0.4, -0.2) is 11.3 Å². The molecule has 0 N–H and O–H groups in total. The van der Waals surface area contributed by atoms with E-state index in [9.17, 15) is 13.6 Å². The number of hydrogen-bond donors (Lipinski definition) is 0. The van der Waals surface area contributed by atoms with Crippen LogP contribution in [0.1, 0.15) is 28.2 Å². The van der Waals surface area contributed by atoms with Gasteiger partial charge in [-0.1, -0.05) is 0 Å². The molecule has 0 aliphatic carbocycles. The van der Waals surface area contributed by atoms with Gasteiger partial charge in [0.15, 0.2) is 6.29 Å². The Bertz CT molecular complexity index is 299. The van der Waals surface area contributed by atoms with Crippen molar-refractivity contribution in [1.29, 1.82) is 0 Å². The highest BCUT2D eigenvalue weighted by molar-refractivity contribution is 5.74. The lowest BCUT2D eigenvalue weighted by Crippen LogP contribution is -1.98. The second kappa shape index (κ2) is 3.38. The van der Waals surface area contributed by atoms with Gasteiger partial charge in [-0.25, -0.2) is 13.8 Å². The summed E-state index contributed by atoms with van der Waals surface area (Å²) in [7, 11) is 0. The number of halogens is 2. The summed E-state index contributed by atoms with van der Waals surface area (Å²) in [4.78, 5) is 14.0. The molecule has 0 fully saturated rings. The third kappa shape index (κ3) is 1.64. The Balaban J connectivity index is 3.20. The molecule has 2 nitrogen and oxygen atoms in total. The molecule has 1 aromatic rings. The van der Waals surface area contributed by atoms with Crippen molar-refractivity contribution in [2.45, 2.75) is 13.3 Å². The molecular weight excluding hydrogens is 164 g/mol. The van der Waals surface area contributed by atoms with Crippen molar-refractivity contribution in [3.8, 4) is 0 Å². The molecule has 0 aromatic carbocycles. The smallest absolute Gasteiger partial charge is 0.266 e. The quantitative estimate of drug-likeness (QED) is 0.638. The van der Waals surface area contributed by atoms with Gasteiger partial charge in [-0.3, -0.25) is 4.79 Å². The van der Waals surface area contributed by atoms with E-state index < -0.39 is 6.43 Å². The van der Waals surface area contributed by atoms with E-state index in [1.165, 1.54) is 12.1 Å². The Hall–Kier alpha value is -1.32. The average Bonchev–Trinajstić information content (AvgIpc) is 2.03. The first-order valence-electron chi connectivity index (χ1n) is 3.36. The van der Waals surface area contributed by atoms with E-state index in [2.05, 4.69) is 4.98 Å². The van der Waals surface area contributed by atoms with Gasteiger partial charge in [0, 0.05) is 11.3 Å². The predicted molar refractivity (Wildman–Crippen MR) is 39.3 cm³/mol. The monoisotopic (exact) mass is 171 g/mol. The van der Waals surface area contributed by atoms with Gasteiger partial charge < -0.3 is 0 Å². The van der Waals surface area contributed by atoms with Crippen LogP contribution in [0.25, 0.3) is 0 Å². The largest absolute Gasteiger partial charge is 0.296 e. The van der Waals surface area contributed by atoms with Crippen molar-refractivity contribution in [1.82, 2.24) is 4.98 Å². The second-order valence-corrected chi connectivity index (χ2v) is 2.35. The van der Waals surface area contributed by atoms with Gasteiger partial charge in [-0.15, -0.1) is 0 Å². The molecule has 1 aromatic heterocycles. The van der Waals surface area contributed by atoms with Crippen molar-refractivity contribution in [2.24, 2.45) is 0 Å². The Labute approximate surface area is 68.2 Å². The van der Waals surface area contributed by atoms with Gasteiger partial charge in [0.25, 0.3) is 6.43 Å². The zero-order chi connectivity index (χ0) is 9.14. The van der Waals surface area contributed by atoms with Crippen molar-refractivity contribution >= 4 is 6.29 Å². The molecule has 0 bridgehead atoms. The third-order valence-electron chi connectivity index (χ3n) is 1.44. The van der Waals surface area contributed by atoms with E-state index in [1.54, 1.807) is 6.92 Å². The minimum atomic E-state index is -2.64. The SMILES string of the molecule is Cc1ccc(C(F)F)c(C=O)n1. The number of nitrogens with zero attached hydrogens (tertiary/aromatic N) is 1. The standard InChI is InChI=1S/C8H7F2NO/c1-5-2-3-6(8(9)10)7(4-12)11-5/h2-4,8H,1H3. The number of aryl methyl sites for hydroxylation is 1. The molecule has 0 atom stereocenters. The molecule has 0 spiro atoms. The summed E-state index contributed by atoms with van der Waals surface area (Å²) < 4.78 is 24.3. The minimum absolute atomic E-state index is 0.176. The van der Waals surface area contributed by atoms with Gasteiger partial charge in [0.05, 0.1) is 0 Å². The van der Waals surface area contributed by atoms with E-state index in [1.807, 2.05) is 0 Å². The summed E-state index contributed by atoms with van der Waals surface area (Å²) in [6, 6.07) is 2.67. The molecule has 64 valence electrons. The molecule has 0 radical (unpaired) electrons. The number of pyridine rings is 1. The number of rotatable bonds is 2. The fourth-order valence-corrected chi connectivity index (χ4v) is 0.866. The highest BCUT2D eigenvalue weighted by Crippen LogP contribution is 2.20. The maximum absolute atomic E-state index is 12.1. The highest BCUT2D eigenvalue weighted by atomic mass is 19.3. The van der Waals surface area contributed by atoms with Crippen LogP contribution < -0.4 is 0 Å². The van der Waals surface area contributed by atoms with Crippen LogP contribution in [-0.2, 0) is 0 Å². The summed E-state index contributed by atoms with van der Waals surface area (Å²) in [6.45, 7) is 1.64. The van der Waals surface area contributed by atoms with Crippen LogP contribution in [0.2, 0.25) is 0 Å². The van der Waals surface area contributed by atoms with Crippen LogP contribution in [0.4, 0.5) is 8.78 Å². The molecule has 0 amide bonds. The van der Waals surface area contributed by atoms with Crippen LogP contribution in [0.5, 0.6) is 0 Å². The molecule has 0 aliphatic rings.